The third-order valence-corrected chi connectivity index (χ3v) is 2.53. The maximum absolute atomic E-state index is 10.8. The molecule has 0 saturated carbocycles. The fourth-order valence-electron chi connectivity index (χ4n) is 1.59. The number of fused-ring (bicyclic) bond motifs is 1. The third kappa shape index (κ3) is 3.66. The fourth-order valence-corrected chi connectivity index (χ4v) is 1.59. The number of carboxylic acid groups (broad SMARTS) is 1. The molecule has 1 aromatic carbocycles. The first-order valence-electron chi connectivity index (χ1n) is 5.96. The van der Waals surface area contributed by atoms with Gasteiger partial charge in [0.2, 0.25) is 0 Å². The van der Waals surface area contributed by atoms with Crippen molar-refractivity contribution in [1.82, 2.24) is 9.97 Å². The molecule has 2 aliphatic rings. The molecule has 6 nitrogen and oxygen atoms in total. The number of aromatic nitrogens is 2. The van der Waals surface area contributed by atoms with Crippen LogP contribution in [-0.2, 0) is 4.79 Å². The first-order valence-corrected chi connectivity index (χ1v) is 5.96. The molecule has 0 aliphatic carbocycles. The zero-order valence-electron chi connectivity index (χ0n) is 10.8. The van der Waals surface area contributed by atoms with Gasteiger partial charge in [-0.1, -0.05) is 30.3 Å². The van der Waals surface area contributed by atoms with Crippen LogP contribution in [-0.4, -0.2) is 21.0 Å². The highest BCUT2D eigenvalue weighted by atomic mass is 16.4. The molecule has 0 unspecified atom stereocenters. The largest absolute Gasteiger partial charge is 0.478 e. The predicted octanol–water partition coefficient (Wildman–Crippen LogP) is 0.962. The van der Waals surface area contributed by atoms with E-state index in [-0.39, 0.29) is 5.69 Å². The summed E-state index contributed by atoms with van der Waals surface area (Å²) >= 11 is 0. The maximum atomic E-state index is 10.8. The van der Waals surface area contributed by atoms with Gasteiger partial charge in [-0.3, -0.25) is 14.6 Å². The van der Waals surface area contributed by atoms with Crippen molar-refractivity contribution in [2.45, 2.75) is 0 Å². The van der Waals surface area contributed by atoms with Crippen LogP contribution < -0.4 is 11.0 Å². The second-order valence-electron chi connectivity index (χ2n) is 4.01. The number of carbonyl (C=O) groups is 1. The summed E-state index contributed by atoms with van der Waals surface area (Å²) < 4.78 is 0. The van der Waals surface area contributed by atoms with E-state index in [9.17, 15) is 14.4 Å². The zero-order chi connectivity index (χ0) is 15.2. The molecule has 104 valence electrons. The molecule has 0 spiro atoms. The van der Waals surface area contributed by atoms with Crippen molar-refractivity contribution in [3.8, 4) is 11.4 Å². The minimum absolute atomic E-state index is 0.185. The number of hydrogen-bond donors (Lipinski definition) is 1. The molecule has 0 radical (unpaired) electrons. The van der Waals surface area contributed by atoms with Crippen LogP contribution in [0.2, 0.25) is 0 Å². The van der Waals surface area contributed by atoms with Crippen LogP contribution >= 0.6 is 0 Å². The Kier molecular flexibility index (Phi) is 4.30. The van der Waals surface area contributed by atoms with Crippen molar-refractivity contribution in [3.05, 3.63) is 74.8 Å². The molecule has 0 aromatic heterocycles. The van der Waals surface area contributed by atoms with Crippen molar-refractivity contribution in [2.24, 2.45) is 0 Å². The van der Waals surface area contributed by atoms with Gasteiger partial charge in [0.15, 0.2) is 0 Å². The molecule has 0 saturated heterocycles. The Bertz CT molecular complexity index is 817. The average molecular weight is 282 g/mol. The molecule has 21 heavy (non-hydrogen) atoms. The first kappa shape index (κ1) is 14.3. The van der Waals surface area contributed by atoms with Gasteiger partial charge in [0.25, 0.3) is 5.43 Å². The first-order chi connectivity index (χ1) is 10.1. The van der Waals surface area contributed by atoms with E-state index in [1.807, 2.05) is 30.3 Å². The van der Waals surface area contributed by atoms with E-state index in [1.54, 1.807) is 6.08 Å². The molecule has 1 aromatic rings. The molecule has 2 heterocycles. The molecule has 0 amide bonds. The Labute approximate surface area is 119 Å². The predicted molar refractivity (Wildman–Crippen MR) is 76.7 cm³/mol. The number of rotatable bonds is 2. The molecule has 2 aliphatic heterocycles. The monoisotopic (exact) mass is 282 g/mol. The van der Waals surface area contributed by atoms with E-state index in [0.717, 1.165) is 11.6 Å². The second kappa shape index (κ2) is 6.33. The number of hydrogen-bond acceptors (Lipinski definition) is 5. The molecular weight excluding hydrogens is 272 g/mol. The van der Waals surface area contributed by atoms with Crippen LogP contribution in [0.3, 0.4) is 0 Å². The Morgan fingerprint density at radius 2 is 1.81 bits per heavy atom. The van der Waals surface area contributed by atoms with Crippen LogP contribution in [0.25, 0.3) is 17.5 Å². The van der Waals surface area contributed by atoms with Gasteiger partial charge >= 0.3 is 11.5 Å². The minimum Gasteiger partial charge on any atom is -0.478 e. The number of carboxylic acids is 1. The van der Waals surface area contributed by atoms with Gasteiger partial charge in [0.05, 0.1) is 5.69 Å². The van der Waals surface area contributed by atoms with Gasteiger partial charge in [0, 0.05) is 12.3 Å². The van der Waals surface area contributed by atoms with Gasteiger partial charge in [0.1, 0.15) is 5.69 Å². The highest BCUT2D eigenvalue weighted by Crippen LogP contribution is 2.08. The summed E-state index contributed by atoms with van der Waals surface area (Å²) in [5.41, 5.74) is 0.174. The van der Waals surface area contributed by atoms with E-state index >= 15 is 0 Å². The van der Waals surface area contributed by atoms with Crippen molar-refractivity contribution >= 4 is 12.0 Å². The highest BCUT2D eigenvalue weighted by molar-refractivity contribution is 5.85. The van der Waals surface area contributed by atoms with Gasteiger partial charge < -0.3 is 5.11 Å². The summed E-state index contributed by atoms with van der Waals surface area (Å²) in [5.74, 6) is -0.922. The standard InChI is InChI=1S/C9H8O2.C6H2N2O2/c10-9(11)7-6-8-4-2-1-3-5-8;9-5-4-3(1-2-7-4)8-6(5)10/h1-7H,(H,10,11);1-2H. The lowest BCUT2D eigenvalue weighted by atomic mass is 10.2. The van der Waals surface area contributed by atoms with Crippen molar-refractivity contribution < 1.29 is 9.90 Å². The molecule has 1 N–H and O–H groups in total. The lowest BCUT2D eigenvalue weighted by molar-refractivity contribution is -0.131. The molecule has 6 heteroatoms. The summed E-state index contributed by atoms with van der Waals surface area (Å²) in [6.07, 6.45) is 4.14. The highest BCUT2D eigenvalue weighted by Gasteiger charge is 2.14. The van der Waals surface area contributed by atoms with Crippen LogP contribution in [0, 0.1) is 0 Å². The van der Waals surface area contributed by atoms with Crippen LogP contribution in [0.4, 0.5) is 0 Å². The molecule has 0 atom stereocenters. The molecular formula is C15H10N2O4. The van der Waals surface area contributed by atoms with Crippen molar-refractivity contribution in [1.29, 1.82) is 0 Å². The molecule has 3 rings (SSSR count). The van der Waals surface area contributed by atoms with E-state index in [4.69, 9.17) is 5.11 Å². The van der Waals surface area contributed by atoms with E-state index in [0.29, 0.717) is 5.69 Å². The quantitative estimate of drug-likeness (QED) is 0.555. The Morgan fingerprint density at radius 1 is 1.10 bits per heavy atom. The summed E-state index contributed by atoms with van der Waals surface area (Å²) in [5, 5.41) is 8.29. The normalized spacial score (nSPS) is 10.5. The Balaban J connectivity index is 0.000000154. The SMILES string of the molecule is O=C(O)C=Cc1ccccc1.O=c1nc2ccnc-2c1=O. The van der Waals surface area contributed by atoms with Crippen LogP contribution in [0.1, 0.15) is 5.56 Å². The smallest absolute Gasteiger partial charge is 0.328 e. The topological polar surface area (TPSA) is 97.2 Å². The second-order valence-corrected chi connectivity index (χ2v) is 4.01. The van der Waals surface area contributed by atoms with Crippen molar-refractivity contribution in [2.75, 3.05) is 0 Å². The maximum Gasteiger partial charge on any atom is 0.328 e. The van der Waals surface area contributed by atoms with E-state index in [2.05, 4.69) is 9.97 Å². The average Bonchev–Trinajstić information content (AvgIpc) is 3.03. The van der Waals surface area contributed by atoms with Crippen molar-refractivity contribution in [3.63, 3.8) is 0 Å². The Morgan fingerprint density at radius 3 is 2.43 bits per heavy atom. The number of benzene rings is 1. The van der Waals surface area contributed by atoms with Crippen LogP contribution in [0.15, 0.2) is 58.3 Å². The van der Waals surface area contributed by atoms with Gasteiger partial charge in [-0.2, -0.15) is 0 Å². The summed E-state index contributed by atoms with van der Waals surface area (Å²) in [4.78, 5) is 38.5. The minimum atomic E-state index is -0.922. The molecule has 0 bridgehead atoms. The Hall–Kier alpha value is -3.15. The summed E-state index contributed by atoms with van der Waals surface area (Å²) in [6.45, 7) is 0. The fraction of sp³-hybridized carbons (Fsp3) is 0. The molecule has 0 fully saturated rings. The lowest BCUT2D eigenvalue weighted by Gasteiger charge is -1.87. The lowest BCUT2D eigenvalue weighted by Crippen LogP contribution is -2.19. The van der Waals surface area contributed by atoms with Gasteiger partial charge in [-0.05, 0) is 17.7 Å². The summed E-state index contributed by atoms with van der Waals surface area (Å²) in [6, 6.07) is 10.8. The summed E-state index contributed by atoms with van der Waals surface area (Å²) in [7, 11) is 0. The van der Waals surface area contributed by atoms with E-state index in [1.165, 1.54) is 12.3 Å². The van der Waals surface area contributed by atoms with Gasteiger partial charge in [-0.15, -0.1) is 0 Å². The van der Waals surface area contributed by atoms with E-state index < -0.39 is 17.0 Å². The number of nitrogens with zero attached hydrogens (tertiary/aromatic N) is 2. The van der Waals surface area contributed by atoms with Crippen LogP contribution in [0.5, 0.6) is 0 Å². The number of aliphatic carboxylic acids is 1. The van der Waals surface area contributed by atoms with Gasteiger partial charge in [-0.25, -0.2) is 9.78 Å². The zero-order valence-corrected chi connectivity index (χ0v) is 10.8. The third-order valence-electron chi connectivity index (χ3n) is 2.53.